The third kappa shape index (κ3) is 3.77. The molecule has 4 nitrogen and oxygen atoms in total. The first-order valence-electron chi connectivity index (χ1n) is 6.51. The number of nitrogens with zero attached hydrogens (tertiary/aromatic N) is 2. The third-order valence-corrected chi connectivity index (χ3v) is 2.78. The molecule has 1 aromatic carbocycles. The van der Waals surface area contributed by atoms with Crippen molar-refractivity contribution in [3.63, 3.8) is 0 Å². The van der Waals surface area contributed by atoms with Gasteiger partial charge in [-0.3, -0.25) is 0 Å². The highest BCUT2D eigenvalue weighted by molar-refractivity contribution is 5.54. The second-order valence-corrected chi connectivity index (χ2v) is 4.24. The molecule has 0 fully saturated rings. The number of anilines is 2. The van der Waals surface area contributed by atoms with E-state index in [9.17, 15) is 8.78 Å². The maximum Gasteiger partial charge on any atom is 0.207 e. The lowest BCUT2D eigenvalue weighted by molar-refractivity contribution is 0.142. The maximum absolute atomic E-state index is 13.6. The molecule has 0 saturated heterocycles. The molecule has 2 aromatic rings. The summed E-state index contributed by atoms with van der Waals surface area (Å²) in [5.74, 6) is -0.537. The van der Waals surface area contributed by atoms with E-state index >= 15 is 0 Å². The van der Waals surface area contributed by atoms with Crippen molar-refractivity contribution in [2.24, 2.45) is 0 Å². The highest BCUT2D eigenvalue weighted by Gasteiger charge is 2.08. The van der Waals surface area contributed by atoms with Crippen LogP contribution in [0.15, 0.2) is 30.6 Å². The van der Waals surface area contributed by atoms with Gasteiger partial charge in [-0.15, -0.1) is 0 Å². The van der Waals surface area contributed by atoms with Gasteiger partial charge in [0.25, 0.3) is 0 Å². The molecule has 0 aliphatic rings. The molecule has 108 valence electrons. The van der Waals surface area contributed by atoms with E-state index in [2.05, 4.69) is 10.3 Å². The molecule has 0 radical (unpaired) electrons. The Morgan fingerprint density at radius 3 is 3.00 bits per heavy atom. The lowest BCUT2D eigenvalue weighted by atomic mass is 10.3. The molecule has 6 heteroatoms. The van der Waals surface area contributed by atoms with Crippen LogP contribution < -0.4 is 5.32 Å². The first-order valence-corrected chi connectivity index (χ1v) is 6.51. The van der Waals surface area contributed by atoms with Crippen LogP contribution in [0.3, 0.4) is 0 Å². The van der Waals surface area contributed by atoms with E-state index in [1.54, 1.807) is 12.4 Å². The van der Waals surface area contributed by atoms with E-state index in [0.29, 0.717) is 25.7 Å². The molecule has 0 aliphatic carbocycles. The lowest BCUT2D eigenvalue weighted by Gasteiger charge is -2.10. The van der Waals surface area contributed by atoms with Crippen LogP contribution in [0.5, 0.6) is 0 Å². The van der Waals surface area contributed by atoms with E-state index in [0.717, 1.165) is 24.6 Å². The zero-order valence-corrected chi connectivity index (χ0v) is 11.3. The highest BCUT2D eigenvalue weighted by atomic mass is 19.1. The fourth-order valence-corrected chi connectivity index (χ4v) is 1.81. The summed E-state index contributed by atoms with van der Waals surface area (Å²) in [4.78, 5) is 4.10. The van der Waals surface area contributed by atoms with Crippen molar-refractivity contribution in [3.8, 4) is 0 Å². The average molecular weight is 281 g/mol. The molecule has 0 unspecified atom stereocenters. The number of aryl methyl sites for hydroxylation is 1. The first kappa shape index (κ1) is 14.5. The summed E-state index contributed by atoms with van der Waals surface area (Å²) in [5.41, 5.74) is 0.0715. The Hall–Kier alpha value is -1.95. The number of benzene rings is 1. The van der Waals surface area contributed by atoms with Gasteiger partial charge in [-0.1, -0.05) is 0 Å². The molecule has 2 rings (SSSR count). The summed E-state index contributed by atoms with van der Waals surface area (Å²) in [6, 6.07) is 3.27. The van der Waals surface area contributed by atoms with Crippen molar-refractivity contribution in [2.75, 3.05) is 18.5 Å². The normalized spacial score (nSPS) is 10.8. The minimum atomic E-state index is -0.518. The molecule has 0 bridgehead atoms. The molecular weight excluding hydrogens is 264 g/mol. The van der Waals surface area contributed by atoms with Gasteiger partial charge in [0.2, 0.25) is 5.95 Å². The van der Waals surface area contributed by atoms with Crippen LogP contribution in [0.4, 0.5) is 20.4 Å². The molecule has 1 heterocycles. The highest BCUT2D eigenvalue weighted by Crippen LogP contribution is 2.20. The SMILES string of the molecule is CCOCCCn1ccnc1Nc1cc(F)ccc1F. The number of nitrogens with one attached hydrogen (secondary N) is 1. The number of aromatic nitrogens is 2. The summed E-state index contributed by atoms with van der Waals surface area (Å²) in [6.07, 6.45) is 4.22. The van der Waals surface area contributed by atoms with Crippen LogP contribution >= 0.6 is 0 Å². The van der Waals surface area contributed by atoms with Gasteiger partial charge in [-0.05, 0) is 25.5 Å². The summed E-state index contributed by atoms with van der Waals surface area (Å²) >= 11 is 0. The molecule has 0 amide bonds. The van der Waals surface area contributed by atoms with Crippen LogP contribution in [-0.4, -0.2) is 22.8 Å². The van der Waals surface area contributed by atoms with Crippen molar-refractivity contribution in [2.45, 2.75) is 19.9 Å². The topological polar surface area (TPSA) is 39.1 Å². The maximum atomic E-state index is 13.6. The number of halogens is 2. The summed E-state index contributed by atoms with van der Waals surface area (Å²) in [6.45, 7) is 3.97. The number of ether oxygens (including phenoxy) is 1. The van der Waals surface area contributed by atoms with Gasteiger partial charge >= 0.3 is 0 Å². The van der Waals surface area contributed by atoms with Crippen molar-refractivity contribution in [1.29, 1.82) is 0 Å². The van der Waals surface area contributed by atoms with Crippen LogP contribution in [0.2, 0.25) is 0 Å². The molecule has 1 N–H and O–H groups in total. The molecule has 1 aromatic heterocycles. The van der Waals surface area contributed by atoms with E-state index < -0.39 is 11.6 Å². The van der Waals surface area contributed by atoms with E-state index in [1.807, 2.05) is 11.5 Å². The molecular formula is C14H17F2N3O. The zero-order valence-electron chi connectivity index (χ0n) is 11.3. The minimum absolute atomic E-state index is 0.0715. The van der Waals surface area contributed by atoms with Crippen molar-refractivity contribution < 1.29 is 13.5 Å². The Morgan fingerprint density at radius 2 is 2.20 bits per heavy atom. The Labute approximate surface area is 116 Å². The summed E-state index contributed by atoms with van der Waals surface area (Å²) < 4.78 is 33.8. The Kier molecular flexibility index (Phi) is 5.06. The first-order chi connectivity index (χ1) is 9.70. The van der Waals surface area contributed by atoms with E-state index in [4.69, 9.17) is 4.74 Å². The van der Waals surface area contributed by atoms with Crippen LogP contribution in [0.1, 0.15) is 13.3 Å². The largest absolute Gasteiger partial charge is 0.382 e. The van der Waals surface area contributed by atoms with Gasteiger partial charge in [0.15, 0.2) is 0 Å². The molecule has 0 spiro atoms. The zero-order chi connectivity index (χ0) is 14.4. The second kappa shape index (κ2) is 7.00. The van der Waals surface area contributed by atoms with Crippen LogP contribution in [0, 0.1) is 11.6 Å². The number of imidazole rings is 1. The Bertz CT molecular complexity index is 557. The second-order valence-electron chi connectivity index (χ2n) is 4.24. The average Bonchev–Trinajstić information content (AvgIpc) is 2.86. The monoisotopic (exact) mass is 281 g/mol. The number of hydrogen-bond acceptors (Lipinski definition) is 3. The number of hydrogen-bond donors (Lipinski definition) is 1. The van der Waals surface area contributed by atoms with E-state index in [1.165, 1.54) is 0 Å². The standard InChI is InChI=1S/C14H17F2N3O/c1-2-20-9-3-7-19-8-6-17-14(19)18-13-10-11(15)4-5-12(13)16/h4-6,8,10H,2-3,7,9H2,1H3,(H,17,18). The fraction of sp³-hybridized carbons (Fsp3) is 0.357. The Balaban J connectivity index is 2.02. The van der Waals surface area contributed by atoms with Crippen molar-refractivity contribution in [1.82, 2.24) is 9.55 Å². The predicted molar refractivity (Wildman–Crippen MR) is 73.0 cm³/mol. The van der Waals surface area contributed by atoms with Crippen molar-refractivity contribution in [3.05, 3.63) is 42.2 Å². The smallest absolute Gasteiger partial charge is 0.207 e. The van der Waals surface area contributed by atoms with Gasteiger partial charge in [-0.2, -0.15) is 0 Å². The van der Waals surface area contributed by atoms with Crippen LogP contribution in [0.25, 0.3) is 0 Å². The summed E-state index contributed by atoms with van der Waals surface area (Å²) in [5, 5.41) is 2.80. The van der Waals surface area contributed by atoms with Gasteiger partial charge in [0.05, 0.1) is 5.69 Å². The fourth-order valence-electron chi connectivity index (χ4n) is 1.81. The molecule has 0 saturated carbocycles. The third-order valence-electron chi connectivity index (χ3n) is 2.78. The molecule has 20 heavy (non-hydrogen) atoms. The predicted octanol–water partition coefficient (Wildman–Crippen LogP) is 3.33. The van der Waals surface area contributed by atoms with Gasteiger partial charge in [0.1, 0.15) is 11.6 Å². The van der Waals surface area contributed by atoms with Gasteiger partial charge in [0, 0.05) is 38.2 Å². The molecule has 0 aliphatic heterocycles. The van der Waals surface area contributed by atoms with Gasteiger partial charge in [-0.25, -0.2) is 13.8 Å². The van der Waals surface area contributed by atoms with Crippen molar-refractivity contribution >= 4 is 11.6 Å². The number of rotatable bonds is 7. The lowest BCUT2D eigenvalue weighted by Crippen LogP contribution is -2.06. The summed E-state index contributed by atoms with van der Waals surface area (Å²) in [7, 11) is 0. The molecule has 0 atom stereocenters. The minimum Gasteiger partial charge on any atom is -0.382 e. The quantitative estimate of drug-likeness (QED) is 0.791. The van der Waals surface area contributed by atoms with E-state index in [-0.39, 0.29) is 5.69 Å². The Morgan fingerprint density at radius 1 is 1.35 bits per heavy atom. The van der Waals surface area contributed by atoms with Crippen LogP contribution in [-0.2, 0) is 11.3 Å². The van der Waals surface area contributed by atoms with Gasteiger partial charge < -0.3 is 14.6 Å².